The Morgan fingerprint density at radius 1 is 1.04 bits per heavy atom. The van der Waals surface area contributed by atoms with Gasteiger partial charge in [0, 0.05) is 17.5 Å². The molecule has 0 heterocycles. The highest BCUT2D eigenvalue weighted by Gasteiger charge is 2.27. The van der Waals surface area contributed by atoms with Gasteiger partial charge in [0.2, 0.25) is 0 Å². The fraction of sp³-hybridized carbons (Fsp3) is 0.435. The summed E-state index contributed by atoms with van der Waals surface area (Å²) in [7, 11) is 0. The van der Waals surface area contributed by atoms with Crippen LogP contribution in [0.2, 0.25) is 0 Å². The van der Waals surface area contributed by atoms with E-state index in [1.165, 1.54) is 0 Å². The van der Waals surface area contributed by atoms with E-state index in [0.717, 1.165) is 61.5 Å². The maximum absolute atomic E-state index is 11.8. The second kappa shape index (κ2) is 10.0. The largest absolute Gasteiger partial charge is 0.303 e. The van der Waals surface area contributed by atoms with Crippen molar-refractivity contribution in [1.29, 1.82) is 0 Å². The Bertz CT molecular complexity index is 757. The Morgan fingerprint density at radius 2 is 1.78 bits per heavy atom. The van der Waals surface area contributed by atoms with Gasteiger partial charge < -0.3 is 4.79 Å². The molecule has 0 fully saturated rings. The van der Waals surface area contributed by atoms with E-state index in [1.807, 2.05) is 36.4 Å². The van der Waals surface area contributed by atoms with Crippen molar-refractivity contribution in [3.63, 3.8) is 0 Å². The van der Waals surface area contributed by atoms with Gasteiger partial charge in [-0.1, -0.05) is 63.1 Å². The summed E-state index contributed by atoms with van der Waals surface area (Å²) in [5, 5.41) is 11.2. The minimum absolute atomic E-state index is 0.118. The molecule has 144 valence electrons. The van der Waals surface area contributed by atoms with Crippen molar-refractivity contribution in [1.82, 2.24) is 0 Å². The van der Waals surface area contributed by atoms with Crippen LogP contribution in [0, 0.1) is 15.5 Å². The second-order valence-electron chi connectivity index (χ2n) is 7.31. The van der Waals surface area contributed by atoms with Gasteiger partial charge in [0.15, 0.2) is 0 Å². The molecular formula is C23H29NO3. The van der Waals surface area contributed by atoms with E-state index in [1.54, 1.807) is 12.1 Å². The molecule has 0 bridgehead atoms. The first kappa shape index (κ1) is 20.8. The lowest BCUT2D eigenvalue weighted by atomic mass is 9.76. The minimum atomic E-state index is -0.346. The lowest BCUT2D eigenvalue weighted by molar-refractivity contribution is -0.384. The molecule has 0 aliphatic rings. The quantitative estimate of drug-likeness (QED) is 0.282. The maximum atomic E-state index is 11.8. The number of hydrogen-bond donors (Lipinski definition) is 0. The molecule has 1 atom stereocenters. The molecule has 2 aromatic carbocycles. The Labute approximate surface area is 161 Å². The highest BCUT2D eigenvalue weighted by molar-refractivity contribution is 5.59. The average molecular weight is 367 g/mol. The number of aryl methyl sites for hydroxylation is 1. The standard InChI is InChI=1S/C23H29NO3/c1-3-5-14-23(4-2,18-25)15-13-20-11-12-22(24(26)27)17-21(20)16-19-9-7-6-8-10-19/h6-12,17-18H,3-5,13-16H2,1-2H3. The third kappa shape index (κ3) is 5.75. The lowest BCUT2D eigenvalue weighted by Crippen LogP contribution is -2.23. The normalized spacial score (nSPS) is 13.1. The molecule has 0 radical (unpaired) electrons. The number of nitro benzene ring substituents is 1. The van der Waals surface area contributed by atoms with E-state index < -0.39 is 0 Å². The van der Waals surface area contributed by atoms with Gasteiger partial charge in [-0.15, -0.1) is 0 Å². The van der Waals surface area contributed by atoms with E-state index in [-0.39, 0.29) is 16.0 Å². The predicted molar refractivity (Wildman–Crippen MR) is 109 cm³/mol. The maximum Gasteiger partial charge on any atom is 0.269 e. The van der Waals surface area contributed by atoms with E-state index in [2.05, 4.69) is 13.8 Å². The van der Waals surface area contributed by atoms with Gasteiger partial charge in [-0.25, -0.2) is 0 Å². The van der Waals surface area contributed by atoms with Gasteiger partial charge in [0.25, 0.3) is 5.69 Å². The molecular weight excluding hydrogens is 338 g/mol. The van der Waals surface area contributed by atoms with Crippen LogP contribution in [0.25, 0.3) is 0 Å². The number of nitrogens with zero attached hydrogens (tertiary/aromatic N) is 1. The van der Waals surface area contributed by atoms with Crippen molar-refractivity contribution in [2.75, 3.05) is 0 Å². The first-order valence-corrected chi connectivity index (χ1v) is 9.80. The molecule has 0 saturated heterocycles. The number of rotatable bonds is 11. The first-order chi connectivity index (χ1) is 13.0. The van der Waals surface area contributed by atoms with E-state index in [0.29, 0.717) is 6.42 Å². The third-order valence-corrected chi connectivity index (χ3v) is 5.51. The molecule has 27 heavy (non-hydrogen) atoms. The Hall–Kier alpha value is -2.49. The molecule has 0 aliphatic heterocycles. The van der Waals surface area contributed by atoms with Crippen molar-refractivity contribution in [3.8, 4) is 0 Å². The first-order valence-electron chi connectivity index (χ1n) is 9.80. The number of nitro groups is 1. The summed E-state index contributed by atoms with van der Waals surface area (Å²) in [6.45, 7) is 4.21. The summed E-state index contributed by atoms with van der Waals surface area (Å²) >= 11 is 0. The fourth-order valence-corrected chi connectivity index (χ4v) is 3.54. The van der Waals surface area contributed by atoms with Gasteiger partial charge in [-0.05, 0) is 48.8 Å². The minimum Gasteiger partial charge on any atom is -0.303 e. The molecule has 4 heteroatoms. The smallest absolute Gasteiger partial charge is 0.269 e. The summed E-state index contributed by atoms with van der Waals surface area (Å²) in [4.78, 5) is 22.7. The highest BCUT2D eigenvalue weighted by atomic mass is 16.6. The van der Waals surface area contributed by atoms with Crippen LogP contribution >= 0.6 is 0 Å². The Kier molecular flexibility index (Phi) is 7.71. The number of non-ortho nitro benzene ring substituents is 1. The highest BCUT2D eigenvalue weighted by Crippen LogP contribution is 2.33. The SMILES string of the molecule is CCCCC(C=O)(CC)CCc1ccc([N+](=O)[O-])cc1Cc1ccccc1. The molecule has 2 rings (SSSR count). The third-order valence-electron chi connectivity index (χ3n) is 5.51. The second-order valence-corrected chi connectivity index (χ2v) is 7.31. The van der Waals surface area contributed by atoms with Gasteiger partial charge in [0.1, 0.15) is 6.29 Å². The zero-order chi connectivity index (χ0) is 19.7. The molecule has 0 saturated carbocycles. The number of hydrogen-bond acceptors (Lipinski definition) is 3. The van der Waals surface area contributed by atoms with Gasteiger partial charge >= 0.3 is 0 Å². The van der Waals surface area contributed by atoms with Crippen molar-refractivity contribution < 1.29 is 9.72 Å². The van der Waals surface area contributed by atoms with E-state index >= 15 is 0 Å². The van der Waals surface area contributed by atoms with Crippen LogP contribution < -0.4 is 0 Å². The number of carbonyl (C=O) groups is 1. The molecule has 1 unspecified atom stereocenters. The predicted octanol–water partition coefficient (Wildman–Crippen LogP) is 5.90. The fourth-order valence-electron chi connectivity index (χ4n) is 3.54. The molecule has 4 nitrogen and oxygen atoms in total. The molecule has 0 aliphatic carbocycles. The summed E-state index contributed by atoms with van der Waals surface area (Å²) < 4.78 is 0. The number of benzene rings is 2. The van der Waals surface area contributed by atoms with Crippen LogP contribution in [0.4, 0.5) is 5.69 Å². The van der Waals surface area contributed by atoms with Crippen LogP contribution in [0.15, 0.2) is 48.5 Å². The molecule has 2 aromatic rings. The summed E-state index contributed by atoms with van der Waals surface area (Å²) in [6, 6.07) is 15.1. The summed E-state index contributed by atoms with van der Waals surface area (Å²) in [6.07, 6.45) is 7.19. The summed E-state index contributed by atoms with van der Waals surface area (Å²) in [5.41, 5.74) is 3.03. The Morgan fingerprint density at radius 3 is 2.37 bits per heavy atom. The molecule has 0 spiro atoms. The number of aldehydes is 1. The van der Waals surface area contributed by atoms with Crippen LogP contribution in [-0.4, -0.2) is 11.2 Å². The van der Waals surface area contributed by atoms with E-state index in [9.17, 15) is 14.9 Å². The van der Waals surface area contributed by atoms with Crippen molar-refractivity contribution in [2.24, 2.45) is 5.41 Å². The van der Waals surface area contributed by atoms with Crippen LogP contribution in [0.3, 0.4) is 0 Å². The van der Waals surface area contributed by atoms with Crippen LogP contribution in [-0.2, 0) is 17.6 Å². The molecule has 0 N–H and O–H groups in total. The Balaban J connectivity index is 2.26. The van der Waals surface area contributed by atoms with Gasteiger partial charge in [0.05, 0.1) is 4.92 Å². The van der Waals surface area contributed by atoms with E-state index in [4.69, 9.17) is 0 Å². The summed E-state index contributed by atoms with van der Waals surface area (Å²) in [5.74, 6) is 0. The van der Waals surface area contributed by atoms with Crippen molar-refractivity contribution in [2.45, 2.75) is 58.8 Å². The van der Waals surface area contributed by atoms with Crippen molar-refractivity contribution in [3.05, 3.63) is 75.3 Å². The monoisotopic (exact) mass is 367 g/mol. The lowest BCUT2D eigenvalue weighted by Gasteiger charge is -2.27. The van der Waals surface area contributed by atoms with Crippen LogP contribution in [0.5, 0.6) is 0 Å². The zero-order valence-corrected chi connectivity index (χ0v) is 16.3. The number of carbonyl (C=O) groups excluding carboxylic acids is 1. The number of unbranched alkanes of at least 4 members (excludes halogenated alkanes) is 1. The van der Waals surface area contributed by atoms with Gasteiger partial charge in [-0.3, -0.25) is 10.1 Å². The topological polar surface area (TPSA) is 60.2 Å². The van der Waals surface area contributed by atoms with Crippen LogP contribution in [0.1, 0.15) is 62.6 Å². The molecule has 0 aromatic heterocycles. The van der Waals surface area contributed by atoms with Crippen molar-refractivity contribution >= 4 is 12.0 Å². The molecule has 0 amide bonds. The zero-order valence-electron chi connectivity index (χ0n) is 16.3. The van der Waals surface area contributed by atoms with Gasteiger partial charge in [-0.2, -0.15) is 0 Å². The average Bonchev–Trinajstić information content (AvgIpc) is 2.70.